The van der Waals surface area contributed by atoms with Gasteiger partial charge in [-0.05, 0) is 30.5 Å². The molecule has 0 fully saturated rings. The monoisotopic (exact) mass is 238 g/mol. The molecule has 0 amide bonds. The zero-order valence-corrected chi connectivity index (χ0v) is 10.4. The summed E-state index contributed by atoms with van der Waals surface area (Å²) in [7, 11) is 0. The van der Waals surface area contributed by atoms with E-state index in [1.54, 1.807) is 12.1 Å². The maximum Gasteiger partial charge on any atom is 0.314 e. The summed E-state index contributed by atoms with van der Waals surface area (Å²) in [6, 6.07) is 5.85. The van der Waals surface area contributed by atoms with Crippen LogP contribution in [0.25, 0.3) is 0 Å². The largest absolute Gasteiger partial charge is 0.481 e. The second kappa shape index (κ2) is 5.80. The fourth-order valence-electron chi connectivity index (χ4n) is 2.37. The van der Waals surface area contributed by atoms with Crippen LogP contribution in [0.15, 0.2) is 24.3 Å². The van der Waals surface area contributed by atoms with Crippen LogP contribution in [-0.4, -0.2) is 11.1 Å². The Kier molecular flexibility index (Phi) is 4.67. The Labute approximate surface area is 101 Å². The summed E-state index contributed by atoms with van der Waals surface area (Å²) in [5.41, 5.74) is -0.160. The van der Waals surface area contributed by atoms with Crippen molar-refractivity contribution in [2.24, 2.45) is 0 Å². The Morgan fingerprint density at radius 3 is 2.00 bits per heavy atom. The van der Waals surface area contributed by atoms with Crippen LogP contribution in [0.3, 0.4) is 0 Å². The van der Waals surface area contributed by atoms with E-state index >= 15 is 0 Å². The summed E-state index contributed by atoms with van der Waals surface area (Å²) >= 11 is 0. The highest BCUT2D eigenvalue weighted by Crippen LogP contribution is 2.34. The van der Waals surface area contributed by atoms with Crippen LogP contribution in [0.4, 0.5) is 4.39 Å². The lowest BCUT2D eigenvalue weighted by Gasteiger charge is -2.29. The predicted octanol–water partition coefficient (Wildman–Crippen LogP) is 3.75. The van der Waals surface area contributed by atoms with Gasteiger partial charge in [0.1, 0.15) is 5.82 Å². The normalized spacial score (nSPS) is 11.5. The van der Waals surface area contributed by atoms with Crippen LogP contribution in [0.1, 0.15) is 45.1 Å². The predicted molar refractivity (Wildman–Crippen MR) is 65.5 cm³/mol. The molecular formula is C14H19FO2. The first-order chi connectivity index (χ1) is 8.06. The minimum absolute atomic E-state index is 0.332. The Bertz CT molecular complexity index is 364. The summed E-state index contributed by atoms with van der Waals surface area (Å²) < 4.78 is 12.9. The molecule has 0 radical (unpaired) electrons. The molecule has 0 spiro atoms. The van der Waals surface area contributed by atoms with Crippen molar-refractivity contribution >= 4 is 5.97 Å². The van der Waals surface area contributed by atoms with Crippen LogP contribution in [-0.2, 0) is 10.2 Å². The number of rotatable bonds is 6. The van der Waals surface area contributed by atoms with Gasteiger partial charge in [-0.2, -0.15) is 0 Å². The molecule has 0 aliphatic carbocycles. The summed E-state index contributed by atoms with van der Waals surface area (Å²) in [6.45, 7) is 3.94. The number of hydrogen-bond donors (Lipinski definition) is 1. The lowest BCUT2D eigenvalue weighted by molar-refractivity contribution is -0.144. The SMILES string of the molecule is CCCC(CCC)(C(=O)O)c1ccc(F)cc1. The van der Waals surface area contributed by atoms with Crippen molar-refractivity contribution < 1.29 is 14.3 Å². The van der Waals surface area contributed by atoms with Crippen LogP contribution < -0.4 is 0 Å². The van der Waals surface area contributed by atoms with E-state index in [1.807, 2.05) is 13.8 Å². The van der Waals surface area contributed by atoms with E-state index < -0.39 is 11.4 Å². The topological polar surface area (TPSA) is 37.3 Å². The van der Waals surface area contributed by atoms with Crippen molar-refractivity contribution in [1.29, 1.82) is 0 Å². The Balaban J connectivity index is 3.19. The van der Waals surface area contributed by atoms with Gasteiger partial charge in [-0.1, -0.05) is 38.8 Å². The maximum atomic E-state index is 12.9. The summed E-state index contributed by atoms with van der Waals surface area (Å²) in [4.78, 5) is 11.6. The standard InChI is InChI=1S/C14H19FO2/c1-3-9-14(10-4-2,13(16)17)11-5-7-12(15)8-6-11/h5-8H,3-4,9-10H2,1-2H3,(H,16,17). The molecule has 0 saturated heterocycles. The van der Waals surface area contributed by atoms with Crippen molar-refractivity contribution in [3.8, 4) is 0 Å². The highest BCUT2D eigenvalue weighted by Gasteiger charge is 2.38. The van der Waals surface area contributed by atoms with Crippen molar-refractivity contribution in [3.05, 3.63) is 35.6 Å². The number of carboxylic acid groups (broad SMARTS) is 1. The first kappa shape index (κ1) is 13.7. The van der Waals surface area contributed by atoms with Crippen molar-refractivity contribution in [3.63, 3.8) is 0 Å². The molecule has 1 aromatic carbocycles. The molecule has 0 aromatic heterocycles. The van der Waals surface area contributed by atoms with Gasteiger partial charge in [-0.25, -0.2) is 4.39 Å². The van der Waals surface area contributed by atoms with Gasteiger partial charge in [-0.3, -0.25) is 4.79 Å². The zero-order chi connectivity index (χ0) is 12.9. The molecule has 0 aliphatic heterocycles. The first-order valence-electron chi connectivity index (χ1n) is 6.06. The van der Waals surface area contributed by atoms with Crippen molar-refractivity contribution in [2.75, 3.05) is 0 Å². The number of aliphatic carboxylic acids is 1. The molecule has 1 aromatic rings. The van der Waals surface area contributed by atoms with Crippen LogP contribution >= 0.6 is 0 Å². The van der Waals surface area contributed by atoms with E-state index in [-0.39, 0.29) is 5.82 Å². The van der Waals surface area contributed by atoms with Crippen LogP contribution in [0, 0.1) is 5.82 Å². The van der Waals surface area contributed by atoms with Gasteiger partial charge in [0.15, 0.2) is 0 Å². The molecule has 0 unspecified atom stereocenters. The summed E-state index contributed by atoms with van der Waals surface area (Å²) in [5, 5.41) is 9.51. The van der Waals surface area contributed by atoms with E-state index in [4.69, 9.17) is 0 Å². The number of hydrogen-bond acceptors (Lipinski definition) is 1. The molecule has 3 heteroatoms. The Hall–Kier alpha value is -1.38. The molecular weight excluding hydrogens is 219 g/mol. The van der Waals surface area contributed by atoms with Crippen molar-refractivity contribution in [2.45, 2.75) is 44.9 Å². The fourth-order valence-corrected chi connectivity index (χ4v) is 2.37. The second-order valence-corrected chi connectivity index (χ2v) is 4.39. The zero-order valence-electron chi connectivity index (χ0n) is 10.4. The van der Waals surface area contributed by atoms with Crippen LogP contribution in [0.5, 0.6) is 0 Å². The average molecular weight is 238 g/mol. The smallest absolute Gasteiger partial charge is 0.314 e. The van der Waals surface area contributed by atoms with E-state index in [0.717, 1.165) is 12.8 Å². The molecule has 2 nitrogen and oxygen atoms in total. The molecule has 0 bridgehead atoms. The molecule has 94 valence electrons. The summed E-state index contributed by atoms with van der Waals surface area (Å²) in [5.74, 6) is -1.14. The third-order valence-corrected chi connectivity index (χ3v) is 3.16. The van der Waals surface area contributed by atoms with E-state index in [1.165, 1.54) is 12.1 Å². The quantitative estimate of drug-likeness (QED) is 0.819. The van der Waals surface area contributed by atoms with E-state index in [2.05, 4.69) is 0 Å². The average Bonchev–Trinajstić information content (AvgIpc) is 2.29. The highest BCUT2D eigenvalue weighted by atomic mass is 19.1. The van der Waals surface area contributed by atoms with Gasteiger partial charge in [0.05, 0.1) is 5.41 Å². The lowest BCUT2D eigenvalue weighted by atomic mass is 9.73. The van der Waals surface area contributed by atoms with Gasteiger partial charge in [0.2, 0.25) is 0 Å². The van der Waals surface area contributed by atoms with Gasteiger partial charge in [-0.15, -0.1) is 0 Å². The number of halogens is 1. The van der Waals surface area contributed by atoms with Crippen molar-refractivity contribution in [1.82, 2.24) is 0 Å². The third kappa shape index (κ3) is 2.84. The van der Waals surface area contributed by atoms with E-state index in [9.17, 15) is 14.3 Å². The lowest BCUT2D eigenvalue weighted by Crippen LogP contribution is -2.35. The molecule has 0 atom stereocenters. The number of benzene rings is 1. The van der Waals surface area contributed by atoms with Gasteiger partial charge >= 0.3 is 5.97 Å². The van der Waals surface area contributed by atoms with E-state index in [0.29, 0.717) is 18.4 Å². The maximum absolute atomic E-state index is 12.9. The van der Waals surface area contributed by atoms with Gasteiger partial charge in [0, 0.05) is 0 Å². The van der Waals surface area contributed by atoms with Gasteiger partial charge < -0.3 is 5.11 Å². The molecule has 0 heterocycles. The Morgan fingerprint density at radius 1 is 1.18 bits per heavy atom. The molecule has 1 rings (SSSR count). The molecule has 1 N–H and O–H groups in total. The highest BCUT2D eigenvalue weighted by molar-refractivity contribution is 5.81. The van der Waals surface area contributed by atoms with Gasteiger partial charge in [0.25, 0.3) is 0 Å². The second-order valence-electron chi connectivity index (χ2n) is 4.39. The Morgan fingerprint density at radius 2 is 1.65 bits per heavy atom. The number of carboxylic acids is 1. The first-order valence-corrected chi connectivity index (χ1v) is 6.06. The van der Waals surface area contributed by atoms with Crippen LogP contribution in [0.2, 0.25) is 0 Å². The minimum Gasteiger partial charge on any atom is -0.481 e. The summed E-state index contributed by atoms with van der Waals surface area (Å²) in [6.07, 6.45) is 2.76. The molecule has 17 heavy (non-hydrogen) atoms. The minimum atomic E-state index is -0.864. The fraction of sp³-hybridized carbons (Fsp3) is 0.500. The molecule has 0 aliphatic rings. The molecule has 0 saturated carbocycles. The number of carbonyl (C=O) groups is 1. The third-order valence-electron chi connectivity index (χ3n) is 3.16.